The van der Waals surface area contributed by atoms with Crippen LogP contribution in [0.4, 0.5) is 0 Å². The summed E-state index contributed by atoms with van der Waals surface area (Å²) < 4.78 is 5.34. The number of nitrogens with one attached hydrogen (secondary N) is 3. The lowest BCUT2D eigenvalue weighted by molar-refractivity contribution is -0.144. The molecule has 4 amide bonds. The zero-order valence-corrected chi connectivity index (χ0v) is 25.2. The SMILES string of the molecule is CC[C@]1(C)NC(=O)[C@H](CCCCOC(=O)c2ccccc2)NC(=O)[C@H]2CCCN2C(=O)C(Cc2ccc(C)cc2)NC1=O. The van der Waals surface area contributed by atoms with E-state index in [2.05, 4.69) is 16.0 Å². The van der Waals surface area contributed by atoms with Gasteiger partial charge in [0.15, 0.2) is 0 Å². The minimum absolute atomic E-state index is 0.165. The van der Waals surface area contributed by atoms with Crippen molar-refractivity contribution in [3.05, 3.63) is 71.3 Å². The van der Waals surface area contributed by atoms with Gasteiger partial charge in [0, 0.05) is 13.0 Å². The molecule has 2 aromatic rings. The first-order chi connectivity index (χ1) is 20.6. The van der Waals surface area contributed by atoms with E-state index >= 15 is 0 Å². The zero-order chi connectivity index (χ0) is 31.0. The second-order valence-electron chi connectivity index (χ2n) is 11.6. The third-order valence-corrected chi connectivity index (χ3v) is 8.37. The molecular formula is C33H42N4O6. The maximum Gasteiger partial charge on any atom is 0.338 e. The summed E-state index contributed by atoms with van der Waals surface area (Å²) in [5, 5.41) is 8.63. The van der Waals surface area contributed by atoms with Gasteiger partial charge in [-0.1, -0.05) is 55.0 Å². The Kier molecular flexibility index (Phi) is 10.6. The van der Waals surface area contributed by atoms with E-state index in [1.807, 2.05) is 37.3 Å². The van der Waals surface area contributed by atoms with E-state index in [-0.39, 0.29) is 37.7 Å². The molecule has 0 bridgehead atoms. The topological polar surface area (TPSA) is 134 Å². The Morgan fingerprint density at radius 3 is 2.37 bits per heavy atom. The number of carbonyl (C=O) groups is 5. The number of rotatable bonds is 9. The fourth-order valence-corrected chi connectivity index (χ4v) is 5.46. The van der Waals surface area contributed by atoms with Crippen molar-refractivity contribution in [2.75, 3.05) is 13.2 Å². The number of benzene rings is 2. The van der Waals surface area contributed by atoms with Gasteiger partial charge in [-0.2, -0.15) is 0 Å². The zero-order valence-electron chi connectivity index (χ0n) is 25.2. The first kappa shape index (κ1) is 31.7. The standard InChI is InChI=1S/C33H42N4O6/c1-4-33(3)32(42)35-26(21-23-17-15-22(2)16-18-23)30(40)37-19-10-14-27(37)29(39)34-25(28(38)36-33)13-8-9-20-43-31(41)24-11-6-5-7-12-24/h5-7,11-12,15-18,25-27H,4,8-10,13-14,19-21H2,1-3H3,(H,34,39)(H,35,42)(H,36,38)/t25-,26?,27+,33-/m0/s1. The van der Waals surface area contributed by atoms with Gasteiger partial charge in [-0.3, -0.25) is 19.2 Å². The molecule has 4 rings (SSSR count). The molecule has 2 heterocycles. The molecule has 2 aromatic carbocycles. The van der Waals surface area contributed by atoms with Crippen molar-refractivity contribution in [1.82, 2.24) is 20.9 Å². The van der Waals surface area contributed by atoms with Gasteiger partial charge in [0.25, 0.3) is 0 Å². The molecule has 4 atom stereocenters. The highest BCUT2D eigenvalue weighted by atomic mass is 16.5. The number of carbonyl (C=O) groups excluding carboxylic acids is 5. The quantitative estimate of drug-likeness (QED) is 0.304. The van der Waals surface area contributed by atoms with Crippen LogP contribution in [0.5, 0.6) is 0 Å². The Morgan fingerprint density at radius 1 is 0.953 bits per heavy atom. The first-order valence-electron chi connectivity index (χ1n) is 15.1. The summed E-state index contributed by atoms with van der Waals surface area (Å²) in [5.74, 6) is -2.05. The van der Waals surface area contributed by atoms with E-state index in [0.29, 0.717) is 37.8 Å². The predicted molar refractivity (Wildman–Crippen MR) is 161 cm³/mol. The summed E-state index contributed by atoms with van der Waals surface area (Å²) in [5.41, 5.74) is 1.12. The minimum atomic E-state index is -1.30. The van der Waals surface area contributed by atoms with Gasteiger partial charge in [-0.15, -0.1) is 0 Å². The normalized spacial score (nSPS) is 24.6. The minimum Gasteiger partial charge on any atom is -0.462 e. The summed E-state index contributed by atoms with van der Waals surface area (Å²) >= 11 is 0. The van der Waals surface area contributed by atoms with Crippen LogP contribution in [0, 0.1) is 6.92 Å². The number of esters is 1. The van der Waals surface area contributed by atoms with Gasteiger partial charge in [0.1, 0.15) is 23.7 Å². The molecule has 2 saturated heterocycles. The molecule has 10 heteroatoms. The average Bonchev–Trinajstić information content (AvgIpc) is 3.50. The smallest absolute Gasteiger partial charge is 0.338 e. The van der Waals surface area contributed by atoms with Gasteiger partial charge in [0.05, 0.1) is 12.2 Å². The van der Waals surface area contributed by atoms with Crippen molar-refractivity contribution in [1.29, 1.82) is 0 Å². The number of ether oxygens (including phenoxy) is 1. The molecule has 0 aromatic heterocycles. The Hall–Kier alpha value is -4.21. The maximum absolute atomic E-state index is 13.9. The molecule has 43 heavy (non-hydrogen) atoms. The monoisotopic (exact) mass is 590 g/mol. The van der Waals surface area contributed by atoms with Crippen LogP contribution in [0.25, 0.3) is 0 Å². The van der Waals surface area contributed by atoms with Crippen molar-refractivity contribution in [3.63, 3.8) is 0 Å². The molecule has 2 aliphatic heterocycles. The third kappa shape index (κ3) is 8.00. The summed E-state index contributed by atoms with van der Waals surface area (Å²) in [7, 11) is 0. The summed E-state index contributed by atoms with van der Waals surface area (Å²) in [6, 6.07) is 13.9. The van der Waals surface area contributed by atoms with Gasteiger partial charge in [-0.25, -0.2) is 4.79 Å². The number of hydrogen-bond donors (Lipinski definition) is 3. The van der Waals surface area contributed by atoms with E-state index in [1.54, 1.807) is 38.1 Å². The van der Waals surface area contributed by atoms with Crippen LogP contribution in [0.2, 0.25) is 0 Å². The lowest BCUT2D eigenvalue weighted by Crippen LogP contribution is -2.65. The van der Waals surface area contributed by atoms with Gasteiger partial charge >= 0.3 is 5.97 Å². The molecule has 3 N–H and O–H groups in total. The van der Waals surface area contributed by atoms with Gasteiger partial charge in [0.2, 0.25) is 23.6 Å². The Morgan fingerprint density at radius 2 is 1.67 bits per heavy atom. The molecule has 0 aliphatic carbocycles. The highest BCUT2D eigenvalue weighted by Gasteiger charge is 2.43. The van der Waals surface area contributed by atoms with Crippen LogP contribution in [-0.4, -0.2) is 71.3 Å². The molecule has 2 fully saturated rings. The van der Waals surface area contributed by atoms with Gasteiger partial charge < -0.3 is 25.6 Å². The van der Waals surface area contributed by atoms with Crippen LogP contribution in [-0.2, 0) is 30.3 Å². The largest absolute Gasteiger partial charge is 0.462 e. The second-order valence-corrected chi connectivity index (χ2v) is 11.6. The van der Waals surface area contributed by atoms with E-state index in [9.17, 15) is 24.0 Å². The highest BCUT2D eigenvalue weighted by molar-refractivity contribution is 5.99. The third-order valence-electron chi connectivity index (χ3n) is 8.37. The number of fused-ring (bicyclic) bond motifs is 1. The Balaban J connectivity index is 1.48. The van der Waals surface area contributed by atoms with Crippen molar-refractivity contribution in [2.24, 2.45) is 0 Å². The lowest BCUT2D eigenvalue weighted by atomic mass is 9.94. The van der Waals surface area contributed by atoms with Crippen LogP contribution in [0.3, 0.4) is 0 Å². The van der Waals surface area contributed by atoms with Crippen LogP contribution in [0.15, 0.2) is 54.6 Å². The molecule has 0 saturated carbocycles. The van der Waals surface area contributed by atoms with Crippen molar-refractivity contribution in [2.45, 2.75) is 89.4 Å². The highest BCUT2D eigenvalue weighted by Crippen LogP contribution is 2.22. The van der Waals surface area contributed by atoms with E-state index < -0.39 is 41.4 Å². The molecule has 0 radical (unpaired) electrons. The molecule has 230 valence electrons. The summed E-state index contributed by atoms with van der Waals surface area (Å²) in [6.45, 7) is 5.95. The molecular weight excluding hydrogens is 548 g/mol. The van der Waals surface area contributed by atoms with Crippen LogP contribution in [0.1, 0.15) is 73.9 Å². The van der Waals surface area contributed by atoms with Gasteiger partial charge in [-0.05, 0) is 70.1 Å². The molecule has 10 nitrogen and oxygen atoms in total. The fraction of sp³-hybridized carbons (Fsp3) is 0.485. The van der Waals surface area contributed by atoms with E-state index in [1.165, 1.54) is 4.90 Å². The number of amides is 4. The van der Waals surface area contributed by atoms with Crippen molar-refractivity contribution >= 4 is 29.6 Å². The van der Waals surface area contributed by atoms with E-state index in [4.69, 9.17) is 4.74 Å². The Bertz CT molecular complexity index is 1310. The van der Waals surface area contributed by atoms with Crippen LogP contribution < -0.4 is 16.0 Å². The molecule has 1 unspecified atom stereocenters. The van der Waals surface area contributed by atoms with Crippen molar-refractivity contribution in [3.8, 4) is 0 Å². The Labute approximate surface area is 252 Å². The number of hydrogen-bond acceptors (Lipinski definition) is 6. The number of unbranched alkanes of at least 4 members (excludes halogenated alkanes) is 1. The molecule has 0 spiro atoms. The van der Waals surface area contributed by atoms with E-state index in [0.717, 1.165) is 11.1 Å². The van der Waals surface area contributed by atoms with Crippen molar-refractivity contribution < 1.29 is 28.7 Å². The average molecular weight is 591 g/mol. The summed E-state index contributed by atoms with van der Waals surface area (Å²) in [6.07, 6.45) is 2.91. The maximum atomic E-state index is 13.9. The fourth-order valence-electron chi connectivity index (χ4n) is 5.46. The number of aryl methyl sites for hydroxylation is 1. The lowest BCUT2D eigenvalue weighted by Gasteiger charge is -2.36. The first-order valence-corrected chi connectivity index (χ1v) is 15.1. The van der Waals surface area contributed by atoms with Crippen LogP contribution >= 0.6 is 0 Å². The summed E-state index contributed by atoms with van der Waals surface area (Å²) in [4.78, 5) is 68.3. The number of nitrogens with zero attached hydrogens (tertiary/aromatic N) is 1. The second kappa shape index (κ2) is 14.3. The molecule has 2 aliphatic rings. The predicted octanol–water partition coefficient (Wildman–Crippen LogP) is 2.82.